The van der Waals surface area contributed by atoms with Gasteiger partial charge in [0.1, 0.15) is 6.10 Å². The number of hydrogen-bond donors (Lipinski definition) is 3. The summed E-state index contributed by atoms with van der Waals surface area (Å²) in [4.78, 5) is 12.6. The standard InChI is InChI=1S/C19H24N2O3/c1-19(2,16-9-5-7-13-6-3-4-8-15(13)16)21-18(23)17-10-20-14(11-22)12-24-17/h3-9,14,17,20,22H,10-12H2,1-2H3,(H,21,23)/t14-,17+/m1/s1. The number of aliphatic hydroxyl groups excluding tert-OH is 1. The highest BCUT2D eigenvalue weighted by Crippen LogP contribution is 2.28. The van der Waals surface area contributed by atoms with Crippen LogP contribution in [0.25, 0.3) is 10.8 Å². The van der Waals surface area contributed by atoms with Crippen LogP contribution in [0.5, 0.6) is 0 Å². The van der Waals surface area contributed by atoms with E-state index in [0.29, 0.717) is 13.2 Å². The van der Waals surface area contributed by atoms with Crippen molar-refractivity contribution >= 4 is 16.7 Å². The summed E-state index contributed by atoms with van der Waals surface area (Å²) in [5.74, 6) is -0.142. The van der Waals surface area contributed by atoms with E-state index in [1.165, 1.54) is 0 Å². The molecule has 1 amide bonds. The first-order chi connectivity index (χ1) is 11.5. The van der Waals surface area contributed by atoms with Gasteiger partial charge in [-0.05, 0) is 30.2 Å². The van der Waals surface area contributed by atoms with Crippen molar-refractivity contribution in [2.24, 2.45) is 0 Å². The molecule has 1 fully saturated rings. The van der Waals surface area contributed by atoms with E-state index in [1.54, 1.807) is 0 Å². The van der Waals surface area contributed by atoms with Crippen LogP contribution in [-0.2, 0) is 15.1 Å². The van der Waals surface area contributed by atoms with Crippen molar-refractivity contribution in [1.82, 2.24) is 10.6 Å². The van der Waals surface area contributed by atoms with Gasteiger partial charge in [0.2, 0.25) is 0 Å². The Labute approximate surface area is 142 Å². The van der Waals surface area contributed by atoms with E-state index in [4.69, 9.17) is 9.84 Å². The second kappa shape index (κ2) is 6.89. The van der Waals surface area contributed by atoms with Crippen molar-refractivity contribution in [3.05, 3.63) is 48.0 Å². The van der Waals surface area contributed by atoms with Crippen molar-refractivity contribution in [2.75, 3.05) is 19.8 Å². The Morgan fingerprint density at radius 3 is 2.75 bits per heavy atom. The van der Waals surface area contributed by atoms with Crippen LogP contribution in [0, 0.1) is 0 Å². The summed E-state index contributed by atoms with van der Waals surface area (Å²) >= 11 is 0. The molecule has 2 aromatic rings. The van der Waals surface area contributed by atoms with Gasteiger partial charge in [0.25, 0.3) is 5.91 Å². The second-order valence-electron chi connectivity index (χ2n) is 6.75. The molecule has 0 saturated carbocycles. The molecule has 1 aliphatic rings. The molecule has 2 atom stereocenters. The van der Waals surface area contributed by atoms with Crippen molar-refractivity contribution < 1.29 is 14.6 Å². The molecule has 1 aliphatic heterocycles. The molecule has 5 heteroatoms. The van der Waals surface area contributed by atoms with Gasteiger partial charge in [-0.2, -0.15) is 0 Å². The van der Waals surface area contributed by atoms with Gasteiger partial charge in [-0.25, -0.2) is 0 Å². The molecule has 0 radical (unpaired) electrons. The molecule has 24 heavy (non-hydrogen) atoms. The number of aliphatic hydroxyl groups is 1. The topological polar surface area (TPSA) is 70.6 Å². The zero-order valence-electron chi connectivity index (χ0n) is 14.1. The van der Waals surface area contributed by atoms with Crippen LogP contribution in [0.15, 0.2) is 42.5 Å². The molecule has 2 aromatic carbocycles. The summed E-state index contributed by atoms with van der Waals surface area (Å²) in [7, 11) is 0. The van der Waals surface area contributed by atoms with Gasteiger partial charge in [-0.1, -0.05) is 42.5 Å². The highest BCUT2D eigenvalue weighted by molar-refractivity contribution is 5.88. The van der Waals surface area contributed by atoms with E-state index in [0.717, 1.165) is 16.3 Å². The van der Waals surface area contributed by atoms with Crippen LogP contribution in [0.3, 0.4) is 0 Å². The van der Waals surface area contributed by atoms with Crippen LogP contribution in [0.2, 0.25) is 0 Å². The minimum Gasteiger partial charge on any atom is -0.395 e. The van der Waals surface area contributed by atoms with Gasteiger partial charge in [0.05, 0.1) is 24.8 Å². The predicted octanol–water partition coefficient (Wildman–Crippen LogP) is 1.54. The van der Waals surface area contributed by atoms with E-state index in [1.807, 2.05) is 38.1 Å². The maximum Gasteiger partial charge on any atom is 0.251 e. The van der Waals surface area contributed by atoms with Crippen molar-refractivity contribution in [2.45, 2.75) is 31.5 Å². The first kappa shape index (κ1) is 16.9. The average molecular weight is 328 g/mol. The normalized spacial score (nSPS) is 21.6. The van der Waals surface area contributed by atoms with Crippen molar-refractivity contribution in [3.63, 3.8) is 0 Å². The lowest BCUT2D eigenvalue weighted by molar-refractivity contribution is -0.137. The highest BCUT2D eigenvalue weighted by Gasteiger charge is 2.31. The molecule has 1 saturated heterocycles. The number of amides is 1. The maximum atomic E-state index is 12.6. The maximum absolute atomic E-state index is 12.6. The molecule has 128 valence electrons. The zero-order valence-corrected chi connectivity index (χ0v) is 14.1. The Morgan fingerprint density at radius 1 is 1.29 bits per heavy atom. The second-order valence-corrected chi connectivity index (χ2v) is 6.75. The van der Waals surface area contributed by atoms with Gasteiger partial charge < -0.3 is 20.5 Å². The number of ether oxygens (including phenoxy) is 1. The molecule has 5 nitrogen and oxygen atoms in total. The third kappa shape index (κ3) is 3.43. The highest BCUT2D eigenvalue weighted by atomic mass is 16.5. The Balaban J connectivity index is 1.77. The lowest BCUT2D eigenvalue weighted by Crippen LogP contribution is -2.56. The molecular weight excluding hydrogens is 304 g/mol. The summed E-state index contributed by atoms with van der Waals surface area (Å²) < 4.78 is 5.58. The number of nitrogens with one attached hydrogen (secondary N) is 2. The van der Waals surface area contributed by atoms with Gasteiger partial charge in [0, 0.05) is 6.54 Å². The van der Waals surface area contributed by atoms with Crippen LogP contribution in [-0.4, -0.2) is 42.9 Å². The van der Waals surface area contributed by atoms with E-state index >= 15 is 0 Å². The summed E-state index contributed by atoms with van der Waals surface area (Å²) in [6.07, 6.45) is -0.540. The zero-order chi connectivity index (χ0) is 17.2. The summed E-state index contributed by atoms with van der Waals surface area (Å²) in [5.41, 5.74) is 0.556. The van der Waals surface area contributed by atoms with Gasteiger partial charge in [-0.15, -0.1) is 0 Å². The molecule has 0 unspecified atom stereocenters. The Morgan fingerprint density at radius 2 is 2.04 bits per heavy atom. The van der Waals surface area contributed by atoms with E-state index < -0.39 is 11.6 Å². The third-order valence-electron chi connectivity index (χ3n) is 4.50. The molecule has 0 spiro atoms. The molecule has 1 heterocycles. The van der Waals surface area contributed by atoms with Crippen molar-refractivity contribution in [3.8, 4) is 0 Å². The van der Waals surface area contributed by atoms with Crippen LogP contribution >= 0.6 is 0 Å². The Kier molecular flexibility index (Phi) is 4.85. The van der Waals surface area contributed by atoms with Crippen LogP contribution < -0.4 is 10.6 Å². The monoisotopic (exact) mass is 328 g/mol. The Hall–Kier alpha value is -1.95. The minimum atomic E-state index is -0.540. The van der Waals surface area contributed by atoms with Crippen LogP contribution in [0.4, 0.5) is 0 Å². The van der Waals surface area contributed by atoms with Gasteiger partial charge in [0.15, 0.2) is 0 Å². The lowest BCUT2D eigenvalue weighted by atomic mass is 9.89. The fourth-order valence-corrected chi connectivity index (χ4v) is 3.14. The van der Waals surface area contributed by atoms with E-state index in [9.17, 15) is 4.79 Å². The SMILES string of the molecule is CC(C)(NC(=O)[C@@H]1CN[C@H](CO)CO1)c1cccc2ccccc12. The molecular formula is C19H24N2O3. The minimum absolute atomic E-state index is 0.00976. The number of hydrogen-bond acceptors (Lipinski definition) is 4. The Bertz CT molecular complexity index is 716. The third-order valence-corrected chi connectivity index (χ3v) is 4.50. The van der Waals surface area contributed by atoms with E-state index in [2.05, 4.69) is 28.8 Å². The first-order valence-corrected chi connectivity index (χ1v) is 8.27. The first-order valence-electron chi connectivity index (χ1n) is 8.27. The molecule has 0 aromatic heterocycles. The summed E-state index contributed by atoms with van der Waals surface area (Å²) in [6, 6.07) is 14.2. The number of carbonyl (C=O) groups excluding carboxylic acids is 1. The lowest BCUT2D eigenvalue weighted by Gasteiger charge is -2.33. The fraction of sp³-hybridized carbons (Fsp3) is 0.421. The quantitative estimate of drug-likeness (QED) is 0.796. The number of morpholine rings is 1. The summed E-state index contributed by atoms with van der Waals surface area (Å²) in [6.45, 7) is 4.75. The smallest absolute Gasteiger partial charge is 0.251 e. The fourth-order valence-electron chi connectivity index (χ4n) is 3.14. The van der Waals surface area contributed by atoms with Gasteiger partial charge >= 0.3 is 0 Å². The van der Waals surface area contributed by atoms with Crippen LogP contribution in [0.1, 0.15) is 19.4 Å². The van der Waals surface area contributed by atoms with Gasteiger partial charge in [-0.3, -0.25) is 4.79 Å². The summed E-state index contributed by atoms with van der Waals surface area (Å²) in [5, 5.41) is 17.6. The van der Waals surface area contributed by atoms with E-state index in [-0.39, 0.29) is 18.6 Å². The number of benzene rings is 2. The molecule has 3 rings (SSSR count). The molecule has 3 N–H and O–H groups in total. The molecule has 0 bridgehead atoms. The number of carbonyl (C=O) groups is 1. The predicted molar refractivity (Wildman–Crippen MR) is 93.7 cm³/mol. The average Bonchev–Trinajstić information content (AvgIpc) is 2.61. The molecule has 0 aliphatic carbocycles. The number of rotatable bonds is 4. The van der Waals surface area contributed by atoms with Crippen molar-refractivity contribution in [1.29, 1.82) is 0 Å². The largest absolute Gasteiger partial charge is 0.395 e. The number of fused-ring (bicyclic) bond motifs is 1.